The fraction of sp³-hybridized carbons (Fsp3) is 0.571. The van der Waals surface area contributed by atoms with Crippen LogP contribution in [-0.2, 0) is 0 Å². The monoisotopic (exact) mass is 281 g/mol. The molecule has 1 saturated heterocycles. The summed E-state index contributed by atoms with van der Waals surface area (Å²) < 4.78 is 0. The van der Waals surface area contributed by atoms with Gasteiger partial charge in [-0.05, 0) is 30.9 Å². The van der Waals surface area contributed by atoms with E-state index in [1.807, 2.05) is 11.8 Å². The number of pyridine rings is 1. The summed E-state index contributed by atoms with van der Waals surface area (Å²) in [5.41, 5.74) is 0.609. The quantitative estimate of drug-likeness (QED) is 0.867. The van der Waals surface area contributed by atoms with Crippen LogP contribution < -0.4 is 5.32 Å². The highest BCUT2D eigenvalue weighted by Crippen LogP contribution is 2.25. The third kappa shape index (κ3) is 3.18. The summed E-state index contributed by atoms with van der Waals surface area (Å²) in [6.07, 6.45) is 0. The number of carbonyl (C=O) groups is 1. The van der Waals surface area contributed by atoms with E-state index in [0.29, 0.717) is 28.4 Å². The van der Waals surface area contributed by atoms with Gasteiger partial charge < -0.3 is 10.2 Å². The predicted octanol–water partition coefficient (Wildman–Crippen LogP) is 2.89. The highest BCUT2D eigenvalue weighted by Gasteiger charge is 2.30. The van der Waals surface area contributed by atoms with Gasteiger partial charge in [-0.1, -0.05) is 25.4 Å². The van der Waals surface area contributed by atoms with E-state index in [9.17, 15) is 4.79 Å². The smallest absolute Gasteiger partial charge is 0.254 e. The average molecular weight is 282 g/mol. The van der Waals surface area contributed by atoms with Gasteiger partial charge in [0.25, 0.3) is 5.91 Å². The molecular weight excluding hydrogens is 262 g/mol. The minimum absolute atomic E-state index is 0.0413. The SMILES string of the molecule is CCNc1cc(C(=O)N2CC(C)C(C)C2)cc(Cl)n1. The molecule has 0 aromatic carbocycles. The topological polar surface area (TPSA) is 45.2 Å². The minimum atomic E-state index is 0.0413. The van der Waals surface area contributed by atoms with Gasteiger partial charge in [-0.2, -0.15) is 0 Å². The summed E-state index contributed by atoms with van der Waals surface area (Å²) in [5.74, 6) is 1.79. The Morgan fingerprint density at radius 3 is 2.63 bits per heavy atom. The normalized spacial score (nSPS) is 22.6. The molecule has 19 heavy (non-hydrogen) atoms. The summed E-state index contributed by atoms with van der Waals surface area (Å²) >= 11 is 5.97. The second-order valence-electron chi connectivity index (χ2n) is 5.26. The standard InChI is InChI=1S/C14H20ClN3O/c1-4-16-13-6-11(5-12(15)17-13)14(19)18-7-9(2)10(3)8-18/h5-6,9-10H,4,7-8H2,1-3H3,(H,16,17). The van der Waals surface area contributed by atoms with Crippen molar-refractivity contribution in [3.05, 3.63) is 22.8 Å². The molecule has 1 aliphatic heterocycles. The predicted molar refractivity (Wildman–Crippen MR) is 77.6 cm³/mol. The number of amides is 1. The van der Waals surface area contributed by atoms with Gasteiger partial charge in [-0.15, -0.1) is 0 Å². The highest BCUT2D eigenvalue weighted by atomic mass is 35.5. The molecule has 0 radical (unpaired) electrons. The second-order valence-corrected chi connectivity index (χ2v) is 5.65. The molecule has 0 spiro atoms. The number of nitrogens with one attached hydrogen (secondary N) is 1. The molecule has 0 bridgehead atoms. The van der Waals surface area contributed by atoms with Crippen molar-refractivity contribution in [2.45, 2.75) is 20.8 Å². The Bertz CT molecular complexity index is 468. The van der Waals surface area contributed by atoms with Crippen LogP contribution >= 0.6 is 11.6 Å². The molecular formula is C14H20ClN3O. The molecule has 2 unspecified atom stereocenters. The van der Waals surface area contributed by atoms with E-state index in [-0.39, 0.29) is 5.91 Å². The molecule has 1 aliphatic rings. The van der Waals surface area contributed by atoms with Crippen molar-refractivity contribution in [3.8, 4) is 0 Å². The largest absolute Gasteiger partial charge is 0.370 e. The van der Waals surface area contributed by atoms with Crippen molar-refractivity contribution in [1.82, 2.24) is 9.88 Å². The number of aromatic nitrogens is 1. The van der Waals surface area contributed by atoms with Crippen molar-refractivity contribution in [2.24, 2.45) is 11.8 Å². The Morgan fingerprint density at radius 1 is 1.42 bits per heavy atom. The molecule has 0 saturated carbocycles. The molecule has 1 fully saturated rings. The van der Waals surface area contributed by atoms with Gasteiger partial charge in [0.1, 0.15) is 11.0 Å². The van der Waals surface area contributed by atoms with Crippen LogP contribution in [0.15, 0.2) is 12.1 Å². The Morgan fingerprint density at radius 2 is 2.05 bits per heavy atom. The fourth-order valence-electron chi connectivity index (χ4n) is 2.37. The van der Waals surface area contributed by atoms with Gasteiger partial charge in [-0.3, -0.25) is 4.79 Å². The van der Waals surface area contributed by atoms with Crippen LogP contribution in [0.4, 0.5) is 5.82 Å². The van der Waals surface area contributed by atoms with E-state index >= 15 is 0 Å². The Balaban J connectivity index is 2.19. The molecule has 2 heterocycles. The van der Waals surface area contributed by atoms with Crippen molar-refractivity contribution < 1.29 is 4.79 Å². The van der Waals surface area contributed by atoms with Crippen molar-refractivity contribution in [2.75, 3.05) is 25.0 Å². The van der Waals surface area contributed by atoms with Gasteiger partial charge in [0, 0.05) is 25.2 Å². The number of carbonyl (C=O) groups excluding carboxylic acids is 1. The van der Waals surface area contributed by atoms with Gasteiger partial charge in [0.15, 0.2) is 0 Å². The van der Waals surface area contributed by atoms with E-state index in [4.69, 9.17) is 11.6 Å². The van der Waals surface area contributed by atoms with Crippen LogP contribution in [0, 0.1) is 11.8 Å². The lowest BCUT2D eigenvalue weighted by molar-refractivity contribution is 0.0785. The summed E-state index contributed by atoms with van der Waals surface area (Å²) in [6, 6.07) is 3.41. The molecule has 0 aliphatic carbocycles. The number of rotatable bonds is 3. The van der Waals surface area contributed by atoms with Crippen LogP contribution in [0.2, 0.25) is 5.15 Å². The average Bonchev–Trinajstić information content (AvgIpc) is 2.68. The van der Waals surface area contributed by atoms with Crippen molar-refractivity contribution in [1.29, 1.82) is 0 Å². The van der Waals surface area contributed by atoms with E-state index in [1.54, 1.807) is 12.1 Å². The molecule has 2 rings (SSSR count). The first-order valence-electron chi connectivity index (χ1n) is 6.72. The van der Waals surface area contributed by atoms with Crippen LogP contribution in [0.3, 0.4) is 0 Å². The first-order chi connectivity index (χ1) is 9.01. The molecule has 2 atom stereocenters. The summed E-state index contributed by atoms with van der Waals surface area (Å²) in [5, 5.41) is 3.43. The maximum Gasteiger partial charge on any atom is 0.254 e. The van der Waals surface area contributed by atoms with Gasteiger partial charge in [-0.25, -0.2) is 4.98 Å². The molecule has 1 N–H and O–H groups in total. The van der Waals surface area contributed by atoms with Gasteiger partial charge >= 0.3 is 0 Å². The maximum atomic E-state index is 12.5. The Labute approximate surface area is 119 Å². The molecule has 1 aromatic rings. The van der Waals surface area contributed by atoms with E-state index in [1.165, 1.54) is 0 Å². The van der Waals surface area contributed by atoms with Crippen LogP contribution in [0.25, 0.3) is 0 Å². The van der Waals surface area contributed by atoms with Crippen LogP contribution in [0.5, 0.6) is 0 Å². The molecule has 4 nitrogen and oxygen atoms in total. The number of halogens is 1. The van der Waals surface area contributed by atoms with Crippen molar-refractivity contribution in [3.63, 3.8) is 0 Å². The Hall–Kier alpha value is -1.29. The zero-order valence-corrected chi connectivity index (χ0v) is 12.4. The van der Waals surface area contributed by atoms with E-state index < -0.39 is 0 Å². The first kappa shape index (κ1) is 14.1. The number of hydrogen-bond donors (Lipinski definition) is 1. The second kappa shape index (κ2) is 5.78. The number of anilines is 1. The summed E-state index contributed by atoms with van der Waals surface area (Å²) in [6.45, 7) is 8.72. The van der Waals surface area contributed by atoms with Gasteiger partial charge in [0.2, 0.25) is 0 Å². The molecule has 104 valence electrons. The van der Waals surface area contributed by atoms with E-state index in [0.717, 1.165) is 19.6 Å². The summed E-state index contributed by atoms with van der Waals surface area (Å²) in [4.78, 5) is 18.5. The molecule has 5 heteroatoms. The minimum Gasteiger partial charge on any atom is -0.370 e. The Kier molecular flexibility index (Phi) is 4.30. The lowest BCUT2D eigenvalue weighted by atomic mass is 10.0. The lowest BCUT2D eigenvalue weighted by Gasteiger charge is -2.16. The van der Waals surface area contributed by atoms with Crippen LogP contribution in [0.1, 0.15) is 31.1 Å². The maximum absolute atomic E-state index is 12.5. The fourth-order valence-corrected chi connectivity index (χ4v) is 2.58. The molecule has 1 aromatic heterocycles. The zero-order chi connectivity index (χ0) is 14.0. The number of hydrogen-bond acceptors (Lipinski definition) is 3. The third-order valence-electron chi connectivity index (χ3n) is 3.67. The first-order valence-corrected chi connectivity index (χ1v) is 7.09. The number of nitrogens with zero attached hydrogens (tertiary/aromatic N) is 2. The number of likely N-dealkylation sites (tertiary alicyclic amines) is 1. The lowest BCUT2D eigenvalue weighted by Crippen LogP contribution is -2.29. The van der Waals surface area contributed by atoms with Crippen LogP contribution in [-0.4, -0.2) is 35.4 Å². The third-order valence-corrected chi connectivity index (χ3v) is 3.87. The summed E-state index contributed by atoms with van der Waals surface area (Å²) in [7, 11) is 0. The zero-order valence-electron chi connectivity index (χ0n) is 11.6. The van der Waals surface area contributed by atoms with Gasteiger partial charge in [0.05, 0.1) is 0 Å². The highest BCUT2D eigenvalue weighted by molar-refractivity contribution is 6.29. The van der Waals surface area contributed by atoms with E-state index in [2.05, 4.69) is 24.1 Å². The van der Waals surface area contributed by atoms with Crippen molar-refractivity contribution >= 4 is 23.3 Å². The molecule has 1 amide bonds.